The molecule has 0 bridgehead atoms. The van der Waals surface area contributed by atoms with Crippen molar-refractivity contribution in [2.24, 2.45) is 0 Å². The highest BCUT2D eigenvalue weighted by Crippen LogP contribution is 2.37. The van der Waals surface area contributed by atoms with Crippen LogP contribution < -0.4 is 0 Å². The normalized spacial score (nSPS) is 12.9. The average Bonchev–Trinajstić information content (AvgIpc) is 3.24. The highest BCUT2D eigenvalue weighted by Gasteiger charge is 2.26. The Kier molecular flexibility index (Phi) is 4.61. The molecule has 0 aliphatic rings. The summed E-state index contributed by atoms with van der Waals surface area (Å²) in [6.07, 6.45) is -0.558. The van der Waals surface area contributed by atoms with E-state index in [0.717, 1.165) is 33.2 Å². The van der Waals surface area contributed by atoms with Crippen LogP contribution in [0.2, 0.25) is 0 Å². The number of nitrogens with one attached hydrogen (secondary N) is 1. The van der Waals surface area contributed by atoms with Crippen molar-refractivity contribution in [1.29, 1.82) is 0 Å². The van der Waals surface area contributed by atoms with Crippen LogP contribution in [0.15, 0.2) is 36.5 Å². The smallest absolute Gasteiger partial charge is 0.338 e. The summed E-state index contributed by atoms with van der Waals surface area (Å²) in [6, 6.07) is 8.65. The van der Waals surface area contributed by atoms with Crippen LogP contribution in [0.5, 0.6) is 0 Å². The van der Waals surface area contributed by atoms with Gasteiger partial charge in [0.05, 0.1) is 17.2 Å². The first-order chi connectivity index (χ1) is 13.8. The summed E-state index contributed by atoms with van der Waals surface area (Å²) in [5, 5.41) is 17.7. The first kappa shape index (κ1) is 19.1. The number of aryl methyl sites for hydroxylation is 1. The van der Waals surface area contributed by atoms with Crippen LogP contribution >= 0.6 is 0 Å². The van der Waals surface area contributed by atoms with Gasteiger partial charge in [-0.1, -0.05) is 13.8 Å². The van der Waals surface area contributed by atoms with Gasteiger partial charge in [-0.15, -0.1) is 0 Å². The van der Waals surface area contributed by atoms with Gasteiger partial charge in [0.2, 0.25) is 6.17 Å². The molecule has 2 aromatic heterocycles. The number of aromatic nitrogens is 3. The van der Waals surface area contributed by atoms with E-state index >= 15 is 0 Å². The van der Waals surface area contributed by atoms with Crippen molar-refractivity contribution < 1.29 is 18.7 Å². The minimum Gasteiger partial charge on any atom is -0.479 e. The molecule has 2 N–H and O–H groups in total. The minimum absolute atomic E-state index is 0.0137. The first-order valence-corrected chi connectivity index (χ1v) is 9.41. The van der Waals surface area contributed by atoms with Crippen LogP contribution in [0.25, 0.3) is 27.5 Å². The van der Waals surface area contributed by atoms with Crippen LogP contribution in [0, 0.1) is 12.7 Å². The molecular weight excluding hydrogens is 376 g/mol. The summed E-state index contributed by atoms with van der Waals surface area (Å²) in [4.78, 5) is 11.2. The Morgan fingerprint density at radius 3 is 2.69 bits per heavy atom. The summed E-state index contributed by atoms with van der Waals surface area (Å²) in [6.45, 7) is 5.65. The molecule has 0 amide bonds. The molecule has 0 saturated carbocycles. The second-order valence-electron chi connectivity index (χ2n) is 7.62. The topological polar surface area (TPSA) is 70.9 Å². The molecule has 4 rings (SSSR count). The zero-order valence-corrected chi connectivity index (χ0v) is 16.3. The molecule has 150 valence electrons. The molecule has 0 aliphatic carbocycles. The van der Waals surface area contributed by atoms with Gasteiger partial charge in [-0.25, -0.2) is 13.6 Å². The second-order valence-corrected chi connectivity index (χ2v) is 7.62. The summed E-state index contributed by atoms with van der Waals surface area (Å²) >= 11 is 0. The molecule has 4 aromatic rings. The zero-order chi connectivity index (χ0) is 20.9. The Morgan fingerprint density at radius 1 is 1.28 bits per heavy atom. The van der Waals surface area contributed by atoms with Crippen molar-refractivity contribution >= 4 is 27.8 Å². The van der Waals surface area contributed by atoms with Gasteiger partial charge in [-0.05, 0) is 54.3 Å². The standard InChI is InChI=1S/C22H21F2N3O2/c1-11(2)21-16(8-18(24)22(28)29)15-9-19-13(10-25-26-19)7-20(15)27(21)14-4-5-17(23)12(3)6-14/h4-7,9-11,18H,8H2,1-3H3,(H,25,26)(H,28,29)/t18-/m1/s1. The molecular formula is C22H21F2N3O2. The zero-order valence-electron chi connectivity index (χ0n) is 16.3. The summed E-state index contributed by atoms with van der Waals surface area (Å²) in [5.41, 5.74) is 4.30. The van der Waals surface area contributed by atoms with E-state index in [2.05, 4.69) is 10.2 Å². The summed E-state index contributed by atoms with van der Waals surface area (Å²) < 4.78 is 30.1. The lowest BCUT2D eigenvalue weighted by atomic mass is 9.98. The lowest BCUT2D eigenvalue weighted by molar-refractivity contribution is -0.142. The van der Waals surface area contributed by atoms with Gasteiger partial charge in [0.15, 0.2) is 0 Å². The van der Waals surface area contributed by atoms with Crippen molar-refractivity contribution in [3.8, 4) is 5.69 Å². The van der Waals surface area contributed by atoms with E-state index in [4.69, 9.17) is 5.11 Å². The van der Waals surface area contributed by atoms with Crippen LogP contribution in [-0.4, -0.2) is 32.0 Å². The van der Waals surface area contributed by atoms with Crippen LogP contribution in [-0.2, 0) is 11.2 Å². The number of benzene rings is 2. The van der Waals surface area contributed by atoms with Crippen molar-refractivity contribution in [2.75, 3.05) is 0 Å². The van der Waals surface area contributed by atoms with Crippen molar-refractivity contribution in [2.45, 2.75) is 39.3 Å². The predicted molar refractivity (Wildman–Crippen MR) is 108 cm³/mol. The highest BCUT2D eigenvalue weighted by atomic mass is 19.1. The van der Waals surface area contributed by atoms with Crippen molar-refractivity contribution in [1.82, 2.24) is 14.8 Å². The molecule has 0 radical (unpaired) electrons. The first-order valence-electron chi connectivity index (χ1n) is 9.41. The lowest BCUT2D eigenvalue weighted by Crippen LogP contribution is -2.18. The van der Waals surface area contributed by atoms with Gasteiger partial charge in [-0.3, -0.25) is 5.10 Å². The molecule has 0 spiro atoms. The van der Waals surface area contributed by atoms with E-state index in [1.807, 2.05) is 30.5 Å². The van der Waals surface area contributed by atoms with Gasteiger partial charge in [0, 0.05) is 28.6 Å². The number of nitrogens with zero attached hydrogens (tertiary/aromatic N) is 2. The van der Waals surface area contributed by atoms with Gasteiger partial charge >= 0.3 is 5.97 Å². The van der Waals surface area contributed by atoms with Gasteiger partial charge < -0.3 is 9.67 Å². The van der Waals surface area contributed by atoms with E-state index in [-0.39, 0.29) is 18.2 Å². The van der Waals surface area contributed by atoms with E-state index in [1.165, 1.54) is 6.07 Å². The molecule has 2 aromatic carbocycles. The second kappa shape index (κ2) is 6.99. The summed E-state index contributed by atoms with van der Waals surface area (Å²) in [7, 11) is 0. The summed E-state index contributed by atoms with van der Waals surface area (Å²) in [5.74, 6) is -1.80. The number of halogens is 2. The Bertz CT molecular complexity index is 1240. The number of H-pyrrole nitrogens is 1. The number of fused-ring (bicyclic) bond motifs is 2. The third-order valence-corrected chi connectivity index (χ3v) is 5.27. The number of alkyl halides is 1. The van der Waals surface area contributed by atoms with Crippen molar-refractivity contribution in [3.63, 3.8) is 0 Å². The third kappa shape index (κ3) is 3.16. The third-order valence-electron chi connectivity index (χ3n) is 5.27. The number of hydrogen-bond donors (Lipinski definition) is 2. The maximum atomic E-state index is 14.3. The molecule has 29 heavy (non-hydrogen) atoms. The number of carboxylic acids is 1. The number of aromatic amines is 1. The molecule has 0 saturated heterocycles. The van der Waals surface area contributed by atoms with E-state index in [0.29, 0.717) is 11.1 Å². The average molecular weight is 397 g/mol. The van der Waals surface area contributed by atoms with Gasteiger partial charge in [-0.2, -0.15) is 5.10 Å². The fraction of sp³-hybridized carbons (Fsp3) is 0.273. The molecule has 0 unspecified atom stereocenters. The molecule has 0 aliphatic heterocycles. The molecule has 1 atom stereocenters. The Labute approximate surface area is 166 Å². The fourth-order valence-corrected chi connectivity index (χ4v) is 3.94. The lowest BCUT2D eigenvalue weighted by Gasteiger charge is -2.16. The predicted octanol–water partition coefficient (Wildman–Crippen LogP) is 5.04. The number of aliphatic carboxylic acids is 1. The molecule has 0 fully saturated rings. The van der Waals surface area contributed by atoms with Crippen LogP contribution in [0.1, 0.15) is 36.6 Å². The number of carbonyl (C=O) groups is 1. The maximum Gasteiger partial charge on any atom is 0.338 e. The SMILES string of the molecule is Cc1cc(-n2c(C(C)C)c(C[C@@H](F)C(=O)O)c3cc4[nH]ncc4cc32)ccc1F. The van der Waals surface area contributed by atoms with Crippen molar-refractivity contribution in [3.05, 3.63) is 59.2 Å². The largest absolute Gasteiger partial charge is 0.479 e. The molecule has 7 heteroatoms. The Hall–Kier alpha value is -3.22. The van der Waals surface area contributed by atoms with Gasteiger partial charge in [0.25, 0.3) is 0 Å². The molecule has 2 heterocycles. The van der Waals surface area contributed by atoms with Crippen LogP contribution in [0.4, 0.5) is 8.78 Å². The Balaban J connectivity index is 2.10. The van der Waals surface area contributed by atoms with Gasteiger partial charge in [0.1, 0.15) is 5.82 Å². The highest BCUT2D eigenvalue weighted by molar-refractivity contribution is 5.99. The fourth-order valence-electron chi connectivity index (χ4n) is 3.94. The van der Waals surface area contributed by atoms with E-state index in [1.54, 1.807) is 25.3 Å². The quantitative estimate of drug-likeness (QED) is 0.495. The molecule has 5 nitrogen and oxygen atoms in total. The van der Waals surface area contributed by atoms with E-state index < -0.39 is 12.1 Å². The number of carboxylic acid groups (broad SMARTS) is 1. The van der Waals surface area contributed by atoms with Crippen LogP contribution in [0.3, 0.4) is 0 Å². The maximum absolute atomic E-state index is 14.3. The monoisotopic (exact) mass is 397 g/mol. The number of rotatable bonds is 5. The Morgan fingerprint density at radius 2 is 2.03 bits per heavy atom. The number of hydrogen-bond acceptors (Lipinski definition) is 2. The van der Waals surface area contributed by atoms with E-state index in [9.17, 15) is 13.6 Å². The minimum atomic E-state index is -2.01.